The summed E-state index contributed by atoms with van der Waals surface area (Å²) in [6.07, 6.45) is 1.09. The van der Waals surface area contributed by atoms with Gasteiger partial charge in [0.25, 0.3) is 10.1 Å². The van der Waals surface area contributed by atoms with Crippen LogP contribution in [-0.4, -0.2) is 43.3 Å². The maximum Gasteiger partial charge on any atom is 0.312 e. The van der Waals surface area contributed by atoms with Crippen molar-refractivity contribution in [3.8, 4) is 0 Å². The highest BCUT2D eigenvalue weighted by Crippen LogP contribution is 2.08. The molecule has 0 aromatic heterocycles. The molecule has 4 N–H and O–H groups in total. The van der Waals surface area contributed by atoms with Crippen LogP contribution in [0.2, 0.25) is 0 Å². The Labute approximate surface area is 143 Å². The number of nitrogens with two attached hydrogens (primary N) is 1. The van der Waals surface area contributed by atoms with E-state index in [1.165, 1.54) is 12.1 Å². The first-order chi connectivity index (χ1) is 11.1. The lowest BCUT2D eigenvalue weighted by atomic mass is 10.1. The number of rotatable bonds is 7. The number of hydrogen-bond donors (Lipinski definition) is 3. The zero-order valence-corrected chi connectivity index (χ0v) is 15.1. The highest BCUT2D eigenvalue weighted by molar-refractivity contribution is 7.85. The molecule has 8 heteroatoms. The number of hydrogen-bond acceptors (Lipinski definition) is 6. The molecule has 1 aromatic carbocycles. The topological polar surface area (TPSA) is 127 Å². The average molecular weight is 361 g/mol. The number of carbonyl (C=O) groups is 1. The van der Waals surface area contributed by atoms with E-state index in [9.17, 15) is 13.2 Å². The van der Waals surface area contributed by atoms with Gasteiger partial charge in [0.15, 0.2) is 0 Å². The summed E-state index contributed by atoms with van der Waals surface area (Å²) in [5.41, 5.74) is 6.27. The van der Waals surface area contributed by atoms with E-state index in [-0.39, 0.29) is 11.4 Å². The van der Waals surface area contributed by atoms with Gasteiger partial charge in [-0.2, -0.15) is 8.42 Å². The van der Waals surface area contributed by atoms with Crippen LogP contribution in [0, 0.1) is 12.8 Å². The molecular formula is C16H27NO6S. The third-order valence-corrected chi connectivity index (χ3v) is 4.07. The zero-order chi connectivity index (χ0) is 18.8. The van der Waals surface area contributed by atoms with Crippen LogP contribution in [-0.2, 0) is 19.6 Å². The Balaban J connectivity index is 0.000000446. The van der Waals surface area contributed by atoms with Crippen LogP contribution in [0.5, 0.6) is 0 Å². The molecule has 0 aliphatic carbocycles. The van der Waals surface area contributed by atoms with E-state index < -0.39 is 28.1 Å². The van der Waals surface area contributed by atoms with E-state index in [0.717, 1.165) is 18.4 Å². The predicted octanol–water partition coefficient (Wildman–Crippen LogP) is 1.53. The van der Waals surface area contributed by atoms with Crippen LogP contribution in [0.1, 0.15) is 32.3 Å². The van der Waals surface area contributed by atoms with Gasteiger partial charge >= 0.3 is 5.97 Å². The fourth-order valence-corrected chi connectivity index (χ4v) is 2.10. The molecule has 24 heavy (non-hydrogen) atoms. The Kier molecular flexibility index (Phi) is 10.5. The van der Waals surface area contributed by atoms with E-state index in [1.807, 2.05) is 13.8 Å². The van der Waals surface area contributed by atoms with Crippen molar-refractivity contribution in [2.24, 2.45) is 11.7 Å². The number of unbranched alkanes of at least 4 members (excludes halogenated alkanes) is 1. The number of aliphatic hydroxyl groups is 1. The van der Waals surface area contributed by atoms with E-state index in [4.69, 9.17) is 20.1 Å². The highest BCUT2D eigenvalue weighted by Gasteiger charge is 2.23. The monoisotopic (exact) mass is 361 g/mol. The van der Waals surface area contributed by atoms with Crippen molar-refractivity contribution in [2.45, 2.75) is 44.6 Å². The molecule has 2 atom stereocenters. The Morgan fingerprint density at radius 1 is 1.29 bits per heavy atom. The van der Waals surface area contributed by atoms with Gasteiger partial charge in [-0.15, -0.1) is 0 Å². The summed E-state index contributed by atoms with van der Waals surface area (Å²) in [6.45, 7) is 5.94. The third kappa shape index (κ3) is 8.97. The average Bonchev–Trinajstić information content (AvgIpc) is 2.48. The lowest BCUT2D eigenvalue weighted by Crippen LogP contribution is -2.34. The van der Waals surface area contributed by atoms with Crippen LogP contribution in [0.3, 0.4) is 0 Å². The van der Waals surface area contributed by atoms with E-state index in [0.29, 0.717) is 6.61 Å². The first-order valence-corrected chi connectivity index (χ1v) is 9.16. The predicted molar refractivity (Wildman–Crippen MR) is 91.1 cm³/mol. The summed E-state index contributed by atoms with van der Waals surface area (Å²) >= 11 is 0. The Hall–Kier alpha value is -1.48. The zero-order valence-electron chi connectivity index (χ0n) is 14.3. The lowest BCUT2D eigenvalue weighted by Gasteiger charge is -2.16. The van der Waals surface area contributed by atoms with Crippen molar-refractivity contribution >= 4 is 16.1 Å². The first kappa shape index (κ1) is 22.5. The molecule has 0 fully saturated rings. The molecule has 0 aliphatic heterocycles. The van der Waals surface area contributed by atoms with Crippen molar-refractivity contribution in [3.63, 3.8) is 0 Å². The summed E-state index contributed by atoms with van der Waals surface area (Å²) < 4.78 is 34.5. The van der Waals surface area contributed by atoms with Crippen molar-refractivity contribution in [1.82, 2.24) is 0 Å². The van der Waals surface area contributed by atoms with E-state index >= 15 is 0 Å². The van der Waals surface area contributed by atoms with Gasteiger partial charge in [-0.25, -0.2) is 0 Å². The second-order valence-corrected chi connectivity index (χ2v) is 6.81. The standard InChI is InChI=1S/C9H19NO3.C7H8O3S/c1-3-4-5-13-9(12)8(6-10)7(2)11;1-6-2-4-7(5-3-6)11(8,9)10/h7-8,11H,3-6,10H2,1-2H3;2-5H,1H3,(H,8,9,10)/t7-,8+;/m1./s1. The second kappa shape index (κ2) is 11.1. The Morgan fingerprint density at radius 3 is 2.21 bits per heavy atom. The van der Waals surface area contributed by atoms with E-state index in [1.54, 1.807) is 19.1 Å². The van der Waals surface area contributed by atoms with Gasteiger partial charge in [0.1, 0.15) is 0 Å². The minimum atomic E-state index is -4.02. The molecule has 1 aromatic rings. The van der Waals surface area contributed by atoms with Crippen LogP contribution in [0.4, 0.5) is 0 Å². The number of aryl methyl sites for hydroxylation is 1. The SMILES string of the molecule is CCCCOC(=O)[C@@H](CN)[C@@H](C)O.Cc1ccc(S(=O)(=O)O)cc1. The van der Waals surface area contributed by atoms with Gasteiger partial charge in [0.2, 0.25) is 0 Å². The summed E-state index contributed by atoms with van der Waals surface area (Å²) in [7, 11) is -4.02. The molecule has 1 rings (SSSR count). The minimum Gasteiger partial charge on any atom is -0.465 e. The summed E-state index contributed by atoms with van der Waals surface area (Å²) in [6, 6.07) is 5.99. The van der Waals surface area contributed by atoms with Crippen molar-refractivity contribution in [2.75, 3.05) is 13.2 Å². The van der Waals surface area contributed by atoms with Crippen molar-refractivity contribution in [1.29, 1.82) is 0 Å². The fourth-order valence-electron chi connectivity index (χ4n) is 1.62. The van der Waals surface area contributed by atoms with Crippen molar-refractivity contribution < 1.29 is 27.6 Å². The minimum absolute atomic E-state index is 0.0666. The normalized spacial score (nSPS) is 13.4. The van der Waals surface area contributed by atoms with Crippen molar-refractivity contribution in [3.05, 3.63) is 29.8 Å². The number of carbonyl (C=O) groups excluding carboxylic acids is 1. The van der Waals surface area contributed by atoms with Gasteiger partial charge in [0, 0.05) is 6.54 Å². The molecule has 7 nitrogen and oxygen atoms in total. The molecular weight excluding hydrogens is 334 g/mol. The molecule has 0 bridgehead atoms. The smallest absolute Gasteiger partial charge is 0.312 e. The van der Waals surface area contributed by atoms with Gasteiger partial charge in [0.05, 0.1) is 23.5 Å². The summed E-state index contributed by atoms with van der Waals surface area (Å²) in [5.74, 6) is -0.984. The molecule has 0 saturated heterocycles. The molecule has 0 saturated carbocycles. The first-order valence-electron chi connectivity index (χ1n) is 7.72. The Bertz CT molecular complexity index is 583. The largest absolute Gasteiger partial charge is 0.465 e. The summed E-state index contributed by atoms with van der Waals surface area (Å²) in [4.78, 5) is 11.2. The number of benzene rings is 1. The number of aliphatic hydroxyl groups excluding tert-OH is 1. The van der Waals surface area contributed by atoms with Crippen LogP contribution >= 0.6 is 0 Å². The molecule has 0 radical (unpaired) electrons. The molecule has 0 amide bonds. The third-order valence-electron chi connectivity index (χ3n) is 3.20. The molecule has 0 unspecified atom stereocenters. The van der Waals surface area contributed by atoms with Gasteiger partial charge in [-0.05, 0) is 32.4 Å². The van der Waals surface area contributed by atoms with Crippen LogP contribution in [0.15, 0.2) is 29.2 Å². The number of esters is 1. The summed E-state index contributed by atoms with van der Waals surface area (Å²) in [5, 5.41) is 9.16. The fraction of sp³-hybridized carbons (Fsp3) is 0.562. The molecule has 0 spiro atoms. The highest BCUT2D eigenvalue weighted by atomic mass is 32.2. The van der Waals surface area contributed by atoms with Crippen LogP contribution < -0.4 is 5.73 Å². The molecule has 138 valence electrons. The van der Waals surface area contributed by atoms with Crippen LogP contribution in [0.25, 0.3) is 0 Å². The molecule has 0 heterocycles. The quantitative estimate of drug-likeness (QED) is 0.382. The maximum absolute atomic E-state index is 11.2. The lowest BCUT2D eigenvalue weighted by molar-refractivity contribution is -0.151. The van der Waals surface area contributed by atoms with Gasteiger partial charge in [-0.1, -0.05) is 31.0 Å². The maximum atomic E-state index is 11.2. The van der Waals surface area contributed by atoms with Gasteiger partial charge < -0.3 is 15.6 Å². The van der Waals surface area contributed by atoms with E-state index in [2.05, 4.69) is 0 Å². The molecule has 0 aliphatic rings. The number of ether oxygens (including phenoxy) is 1. The van der Waals surface area contributed by atoms with Gasteiger partial charge in [-0.3, -0.25) is 9.35 Å². The second-order valence-electron chi connectivity index (χ2n) is 5.39. The Morgan fingerprint density at radius 2 is 1.83 bits per heavy atom.